The molecule has 0 radical (unpaired) electrons. The largest absolute Gasteiger partial charge is 0.370 e. The van der Waals surface area contributed by atoms with Crippen molar-refractivity contribution in [1.82, 2.24) is 20.9 Å². The Bertz CT molecular complexity index is 469. The topological polar surface area (TPSA) is 197 Å². The Balaban J connectivity index is 4.15. The Morgan fingerprint density at radius 2 is 1.96 bits per heavy atom. The number of carbonyl (C=O) groups excluding carboxylic acids is 2. The third-order valence-electron chi connectivity index (χ3n) is 2.27. The van der Waals surface area contributed by atoms with Crippen molar-refractivity contribution in [3.63, 3.8) is 0 Å². The smallest absolute Gasteiger partial charge is 0.341 e. The predicted molar refractivity (Wildman–Crippen MR) is 89.4 cm³/mol. The maximum atomic E-state index is 11.3. The summed E-state index contributed by atoms with van der Waals surface area (Å²) in [7, 11) is 0. The summed E-state index contributed by atoms with van der Waals surface area (Å²) in [6, 6.07) is -0.666. The zero-order valence-corrected chi connectivity index (χ0v) is 14.1. The fourth-order valence-electron chi connectivity index (χ4n) is 1.15. The summed E-state index contributed by atoms with van der Waals surface area (Å²) in [6.45, 7) is 1.25. The number of hydroxylamine groups is 5. The fraction of sp³-hybridized carbons (Fsp3) is 0.600. The van der Waals surface area contributed by atoms with Crippen molar-refractivity contribution in [1.29, 1.82) is 0 Å². The maximum absolute atomic E-state index is 11.3. The Kier molecular flexibility index (Phi) is 10.8. The first-order valence-electron chi connectivity index (χ1n) is 6.69. The molecule has 0 heterocycles. The number of nitrogens with two attached hydrogens (primary N) is 3. The Morgan fingerprint density at radius 1 is 1.29 bits per heavy atom. The van der Waals surface area contributed by atoms with E-state index < -0.39 is 11.9 Å². The second kappa shape index (κ2) is 12.0. The first-order valence-corrected chi connectivity index (χ1v) is 7.32. The van der Waals surface area contributed by atoms with Gasteiger partial charge < -0.3 is 22.5 Å². The highest BCUT2D eigenvalue weighted by molar-refractivity contribution is 7.80. The average molecular weight is 365 g/mol. The molecule has 0 aliphatic carbocycles. The molecule has 0 aromatic heterocycles. The van der Waals surface area contributed by atoms with Gasteiger partial charge in [-0.3, -0.25) is 15.0 Å². The van der Waals surface area contributed by atoms with Crippen molar-refractivity contribution in [3.05, 3.63) is 0 Å². The molecule has 9 N–H and O–H groups in total. The quantitative estimate of drug-likeness (QED) is 0.0442. The number of rotatable bonds is 9. The minimum Gasteiger partial charge on any atom is -0.370 e. The Hall–Kier alpha value is -2.45. The molecule has 13 nitrogen and oxygen atoms in total. The summed E-state index contributed by atoms with van der Waals surface area (Å²) in [5.74, 6) is -0.682. The molecule has 0 fully saturated rings. The van der Waals surface area contributed by atoms with Crippen molar-refractivity contribution in [2.45, 2.75) is 13.3 Å². The van der Waals surface area contributed by atoms with Gasteiger partial charge in [0.15, 0.2) is 5.96 Å². The van der Waals surface area contributed by atoms with Gasteiger partial charge in [-0.05, 0) is 6.42 Å². The molecule has 0 aromatic carbocycles. The summed E-state index contributed by atoms with van der Waals surface area (Å²) in [6.07, 6.45) is 0.337. The van der Waals surface area contributed by atoms with Crippen LogP contribution < -0.4 is 28.0 Å². The molecule has 0 rings (SSSR count). The molecule has 0 spiro atoms. The van der Waals surface area contributed by atoms with Gasteiger partial charge in [0.2, 0.25) is 11.9 Å². The lowest BCUT2D eigenvalue weighted by Gasteiger charge is -2.17. The number of hydrogen-bond acceptors (Lipinski definition) is 7. The highest BCUT2D eigenvalue weighted by atomic mass is 32.1. The van der Waals surface area contributed by atoms with E-state index in [0.29, 0.717) is 11.5 Å². The van der Waals surface area contributed by atoms with Crippen LogP contribution in [0, 0.1) is 0 Å². The SMILES string of the molecule is CC(=O)N(CN=C(N)N)ONC(N)=NCCCN(O)C(=O)NCS. The van der Waals surface area contributed by atoms with E-state index in [-0.39, 0.29) is 37.6 Å². The molecule has 0 bridgehead atoms. The number of nitrogens with zero attached hydrogens (tertiary/aromatic N) is 4. The van der Waals surface area contributed by atoms with E-state index in [1.807, 2.05) is 0 Å². The fourth-order valence-corrected chi connectivity index (χ4v) is 1.29. The van der Waals surface area contributed by atoms with Gasteiger partial charge in [0.05, 0.1) is 12.4 Å². The van der Waals surface area contributed by atoms with Crippen LogP contribution in [0.15, 0.2) is 9.98 Å². The number of guanidine groups is 2. The zero-order chi connectivity index (χ0) is 18.5. The molecule has 0 aromatic rings. The van der Waals surface area contributed by atoms with Crippen LogP contribution in [-0.4, -0.2) is 64.8 Å². The molecule has 138 valence electrons. The summed E-state index contributed by atoms with van der Waals surface area (Å²) in [4.78, 5) is 34.8. The molecule has 3 amide bonds. The van der Waals surface area contributed by atoms with Crippen LogP contribution in [0.25, 0.3) is 0 Å². The van der Waals surface area contributed by atoms with Crippen LogP contribution in [0.1, 0.15) is 13.3 Å². The summed E-state index contributed by atoms with van der Waals surface area (Å²) < 4.78 is 0. The molecule has 24 heavy (non-hydrogen) atoms. The van der Waals surface area contributed by atoms with E-state index in [1.165, 1.54) is 6.92 Å². The number of hydrogen-bond donors (Lipinski definition) is 7. The van der Waals surface area contributed by atoms with Gasteiger partial charge in [0.1, 0.15) is 6.67 Å². The number of nitrogens with one attached hydrogen (secondary N) is 2. The minimum atomic E-state index is -0.666. The van der Waals surface area contributed by atoms with Gasteiger partial charge in [0.25, 0.3) is 0 Å². The molecular weight excluding hydrogens is 342 g/mol. The molecule has 0 saturated heterocycles. The van der Waals surface area contributed by atoms with Crippen LogP contribution in [0.2, 0.25) is 0 Å². The lowest BCUT2D eigenvalue weighted by atomic mass is 10.4. The normalized spacial score (nSPS) is 10.7. The number of thiol groups is 1. The Labute approximate surface area is 144 Å². The van der Waals surface area contributed by atoms with Gasteiger partial charge in [-0.2, -0.15) is 17.7 Å². The van der Waals surface area contributed by atoms with Crippen LogP contribution >= 0.6 is 12.6 Å². The minimum absolute atomic E-state index is 0.0430. The Morgan fingerprint density at radius 3 is 2.50 bits per heavy atom. The third-order valence-corrected chi connectivity index (χ3v) is 2.43. The summed E-state index contributed by atoms with van der Waals surface area (Å²) >= 11 is 3.79. The van der Waals surface area contributed by atoms with Crippen molar-refractivity contribution < 1.29 is 19.7 Å². The lowest BCUT2D eigenvalue weighted by Crippen LogP contribution is -2.42. The predicted octanol–water partition coefficient (Wildman–Crippen LogP) is -2.51. The van der Waals surface area contributed by atoms with Crippen molar-refractivity contribution >= 4 is 36.5 Å². The number of urea groups is 1. The number of amides is 3. The maximum Gasteiger partial charge on any atom is 0.341 e. The second-order valence-corrected chi connectivity index (χ2v) is 4.52. The number of aliphatic imine (C=N–C) groups is 2. The van der Waals surface area contributed by atoms with Gasteiger partial charge in [-0.1, -0.05) is 0 Å². The molecule has 0 saturated carbocycles. The molecule has 0 unspecified atom stereocenters. The van der Waals surface area contributed by atoms with Gasteiger partial charge in [-0.15, -0.1) is 4.94 Å². The summed E-state index contributed by atoms with van der Waals surface area (Å²) in [5.41, 5.74) is 18.1. The molecule has 0 atom stereocenters. The lowest BCUT2D eigenvalue weighted by molar-refractivity contribution is -0.199. The van der Waals surface area contributed by atoms with Crippen LogP contribution in [0.5, 0.6) is 0 Å². The van der Waals surface area contributed by atoms with Crippen LogP contribution in [0.4, 0.5) is 4.79 Å². The molecule has 0 aliphatic rings. The van der Waals surface area contributed by atoms with Crippen molar-refractivity contribution in [2.24, 2.45) is 27.2 Å². The zero-order valence-electron chi connectivity index (χ0n) is 13.2. The van der Waals surface area contributed by atoms with Crippen LogP contribution in [-0.2, 0) is 9.73 Å². The van der Waals surface area contributed by atoms with Crippen LogP contribution in [0.3, 0.4) is 0 Å². The van der Waals surface area contributed by atoms with Gasteiger partial charge >= 0.3 is 6.03 Å². The van der Waals surface area contributed by atoms with E-state index in [0.717, 1.165) is 5.06 Å². The molecule has 0 aliphatic heterocycles. The van der Waals surface area contributed by atoms with Gasteiger partial charge in [0, 0.05) is 13.5 Å². The first kappa shape index (κ1) is 21.6. The molecular formula is C10H23N9O4S. The summed E-state index contributed by atoms with van der Waals surface area (Å²) in [5, 5.41) is 13.0. The average Bonchev–Trinajstić information content (AvgIpc) is 2.50. The van der Waals surface area contributed by atoms with E-state index in [9.17, 15) is 14.8 Å². The van der Waals surface area contributed by atoms with Gasteiger partial charge in [-0.25, -0.2) is 20.3 Å². The van der Waals surface area contributed by atoms with E-state index in [2.05, 4.69) is 33.4 Å². The third kappa shape index (κ3) is 10.3. The number of carbonyl (C=O) groups is 2. The highest BCUT2D eigenvalue weighted by Gasteiger charge is 2.10. The highest BCUT2D eigenvalue weighted by Crippen LogP contribution is 1.91. The van der Waals surface area contributed by atoms with E-state index in [1.54, 1.807) is 0 Å². The van der Waals surface area contributed by atoms with Crippen molar-refractivity contribution in [3.8, 4) is 0 Å². The van der Waals surface area contributed by atoms with Crippen molar-refractivity contribution in [2.75, 3.05) is 25.6 Å². The molecule has 14 heteroatoms. The first-order chi connectivity index (χ1) is 11.3. The monoisotopic (exact) mass is 365 g/mol. The second-order valence-electron chi connectivity index (χ2n) is 4.20. The van der Waals surface area contributed by atoms with E-state index in [4.69, 9.17) is 22.1 Å². The standard InChI is InChI=1S/C10H23N9O4S/c1-7(20)19(5-15-8(11)12)23-17-9(13)14-3-2-4-18(22)10(21)16-6-24/h22,24H,2-6H2,1H3,(H,16,21)(H4,11,12,15)(H3,13,14,17). The van der Waals surface area contributed by atoms with E-state index >= 15 is 0 Å².